The summed E-state index contributed by atoms with van der Waals surface area (Å²) in [5.41, 5.74) is 5.71. The summed E-state index contributed by atoms with van der Waals surface area (Å²) in [5, 5.41) is 14.8. The number of nitro groups is 1. The van der Waals surface area contributed by atoms with Gasteiger partial charge in [0.15, 0.2) is 0 Å². The van der Waals surface area contributed by atoms with Gasteiger partial charge < -0.3 is 20.5 Å². The molecule has 1 aromatic heterocycles. The van der Waals surface area contributed by atoms with Gasteiger partial charge in [-0.2, -0.15) is 0 Å². The minimum Gasteiger partial charge on any atom is -0.456 e. The minimum atomic E-state index is -1.04. The van der Waals surface area contributed by atoms with E-state index in [1.165, 1.54) is 52.3 Å². The van der Waals surface area contributed by atoms with Crippen molar-refractivity contribution >= 4 is 52.7 Å². The molecule has 1 saturated heterocycles. The Bertz CT molecular complexity index is 1230. The molecule has 3 amide bonds. The number of nitro benzene ring substituents is 1. The van der Waals surface area contributed by atoms with Crippen molar-refractivity contribution in [1.82, 2.24) is 10.2 Å². The fourth-order valence-electron chi connectivity index (χ4n) is 3.67. The number of primary amides is 1. The topological polar surface area (TPSA) is 171 Å². The number of nitrogens with one attached hydrogen (secondary N) is 1. The lowest BCUT2D eigenvalue weighted by atomic mass is 10.0. The largest absolute Gasteiger partial charge is 0.456 e. The van der Waals surface area contributed by atoms with Crippen molar-refractivity contribution in [1.29, 1.82) is 0 Å². The molecule has 36 heavy (non-hydrogen) atoms. The number of hydrogen-bond donors (Lipinski definition) is 2. The van der Waals surface area contributed by atoms with Crippen LogP contribution in [0.25, 0.3) is 0 Å². The van der Waals surface area contributed by atoms with Gasteiger partial charge in [-0.05, 0) is 29.1 Å². The summed E-state index contributed by atoms with van der Waals surface area (Å²) < 4.78 is 10.2. The number of ether oxygens (including phenoxy) is 2. The molecule has 3 heterocycles. The van der Waals surface area contributed by atoms with Crippen molar-refractivity contribution in [3.8, 4) is 0 Å². The number of hydrogen-bond acceptors (Lipinski definition) is 10. The van der Waals surface area contributed by atoms with Crippen LogP contribution in [0.4, 0.5) is 10.5 Å². The molecule has 0 saturated carbocycles. The van der Waals surface area contributed by atoms with Crippen LogP contribution in [0.3, 0.4) is 0 Å². The normalized spacial score (nSPS) is 18.7. The van der Waals surface area contributed by atoms with Gasteiger partial charge in [0.2, 0.25) is 5.91 Å². The van der Waals surface area contributed by atoms with Gasteiger partial charge in [-0.15, -0.1) is 23.1 Å². The van der Waals surface area contributed by atoms with Crippen molar-refractivity contribution in [3.05, 3.63) is 73.6 Å². The zero-order valence-electron chi connectivity index (χ0n) is 18.6. The third-order valence-corrected chi connectivity index (χ3v) is 7.59. The van der Waals surface area contributed by atoms with Gasteiger partial charge in [0.1, 0.15) is 30.3 Å². The first kappa shape index (κ1) is 25.2. The van der Waals surface area contributed by atoms with Gasteiger partial charge in [-0.3, -0.25) is 24.6 Å². The predicted molar refractivity (Wildman–Crippen MR) is 128 cm³/mol. The number of amides is 3. The molecule has 2 aliphatic heterocycles. The molecule has 2 aromatic rings. The van der Waals surface area contributed by atoms with Crippen molar-refractivity contribution in [2.24, 2.45) is 5.73 Å². The molecule has 188 valence electrons. The zero-order valence-corrected chi connectivity index (χ0v) is 20.2. The first-order chi connectivity index (χ1) is 17.2. The second-order valence-electron chi connectivity index (χ2n) is 7.77. The van der Waals surface area contributed by atoms with Gasteiger partial charge in [0, 0.05) is 28.3 Å². The van der Waals surface area contributed by atoms with Crippen LogP contribution in [0.1, 0.15) is 10.4 Å². The number of esters is 1. The van der Waals surface area contributed by atoms with Gasteiger partial charge in [0.05, 0.1) is 11.3 Å². The van der Waals surface area contributed by atoms with E-state index in [1.807, 2.05) is 17.5 Å². The number of rotatable bonds is 9. The van der Waals surface area contributed by atoms with E-state index in [2.05, 4.69) is 5.32 Å². The summed E-state index contributed by atoms with van der Waals surface area (Å²) >= 11 is 2.74. The summed E-state index contributed by atoms with van der Waals surface area (Å²) in [4.78, 5) is 61.9. The molecule has 3 N–H and O–H groups in total. The first-order valence-corrected chi connectivity index (χ1v) is 12.5. The fraction of sp³-hybridized carbons (Fsp3) is 0.273. The Morgan fingerprint density at radius 3 is 2.56 bits per heavy atom. The molecule has 0 spiro atoms. The lowest BCUT2D eigenvalue weighted by Crippen LogP contribution is -2.70. The maximum Gasteiger partial charge on any atom is 0.404 e. The van der Waals surface area contributed by atoms with E-state index in [9.17, 15) is 29.3 Å². The number of non-ortho nitro benzene ring substituents is 1. The van der Waals surface area contributed by atoms with E-state index in [4.69, 9.17) is 15.2 Å². The van der Waals surface area contributed by atoms with Gasteiger partial charge >= 0.3 is 12.1 Å². The molecule has 2 atom stereocenters. The number of carbonyl (C=O) groups excluding carboxylic acids is 4. The number of thiophene rings is 1. The molecular formula is C22H20N4O8S2. The van der Waals surface area contributed by atoms with Crippen LogP contribution >= 0.6 is 23.1 Å². The molecule has 14 heteroatoms. The molecule has 1 unspecified atom stereocenters. The van der Waals surface area contributed by atoms with Crippen molar-refractivity contribution < 1.29 is 33.6 Å². The number of thioether (sulfide) groups is 1. The van der Waals surface area contributed by atoms with Crippen LogP contribution in [0.5, 0.6) is 0 Å². The monoisotopic (exact) mass is 532 g/mol. The molecule has 12 nitrogen and oxygen atoms in total. The third kappa shape index (κ3) is 5.49. The standard InChI is InChI=1S/C22H20N4O8S2/c23-22(30)34-10-13-11-36-20-17(24-16(27)8-15-2-1-7-35-15)19(28)25(20)18(13)21(29)33-9-12-3-5-14(6-4-12)26(31)32/h1-7,17,20H,8-11H2,(H2,23,30)(H,24,27)/t17?,20-/m0/s1. The van der Waals surface area contributed by atoms with Crippen LogP contribution in [-0.4, -0.2) is 57.5 Å². The van der Waals surface area contributed by atoms with Gasteiger partial charge in [-0.1, -0.05) is 6.07 Å². The first-order valence-electron chi connectivity index (χ1n) is 10.6. The molecule has 4 rings (SSSR count). The second-order valence-corrected chi connectivity index (χ2v) is 9.91. The average molecular weight is 533 g/mol. The van der Waals surface area contributed by atoms with Crippen LogP contribution in [-0.2, 0) is 36.9 Å². The van der Waals surface area contributed by atoms with Crippen molar-refractivity contribution in [2.45, 2.75) is 24.4 Å². The molecule has 0 bridgehead atoms. The number of fused-ring (bicyclic) bond motifs is 1. The SMILES string of the molecule is NC(=O)OCC1=C(C(=O)OCc2ccc([N+](=O)[O-])cc2)N2C(=O)C(NC(=O)Cc3cccs3)[C@@H]2SC1. The average Bonchev–Trinajstić information content (AvgIpc) is 3.37. The Morgan fingerprint density at radius 1 is 1.17 bits per heavy atom. The predicted octanol–water partition coefficient (Wildman–Crippen LogP) is 1.69. The smallest absolute Gasteiger partial charge is 0.404 e. The Balaban J connectivity index is 1.46. The van der Waals surface area contributed by atoms with Crippen LogP contribution < -0.4 is 11.1 Å². The van der Waals surface area contributed by atoms with Gasteiger partial charge in [0.25, 0.3) is 11.6 Å². The summed E-state index contributed by atoms with van der Waals surface area (Å²) in [6, 6.07) is 8.29. The molecule has 2 aliphatic rings. The number of benzene rings is 1. The molecule has 1 fully saturated rings. The van der Waals surface area contributed by atoms with E-state index >= 15 is 0 Å². The summed E-state index contributed by atoms with van der Waals surface area (Å²) in [6.07, 6.45) is -0.905. The lowest BCUT2D eigenvalue weighted by Gasteiger charge is -2.49. The van der Waals surface area contributed by atoms with E-state index in [-0.39, 0.29) is 42.7 Å². The Kier molecular flexibility index (Phi) is 7.55. The minimum absolute atomic E-state index is 0.0735. The molecule has 0 radical (unpaired) electrons. The highest BCUT2D eigenvalue weighted by atomic mass is 32.2. The van der Waals surface area contributed by atoms with E-state index in [1.54, 1.807) is 0 Å². The van der Waals surface area contributed by atoms with Crippen LogP contribution in [0, 0.1) is 10.1 Å². The third-order valence-electron chi connectivity index (χ3n) is 5.38. The quantitative estimate of drug-likeness (QED) is 0.211. The molecule has 0 aliphatic carbocycles. The number of nitrogens with zero attached hydrogens (tertiary/aromatic N) is 2. The van der Waals surface area contributed by atoms with E-state index < -0.39 is 34.3 Å². The maximum atomic E-state index is 13.0. The second kappa shape index (κ2) is 10.8. The van der Waals surface area contributed by atoms with Crippen molar-refractivity contribution in [3.63, 3.8) is 0 Å². The lowest BCUT2D eigenvalue weighted by molar-refractivity contribution is -0.384. The highest BCUT2D eigenvalue weighted by Gasteiger charge is 2.54. The summed E-state index contributed by atoms with van der Waals surface area (Å²) in [5.74, 6) is -1.41. The van der Waals surface area contributed by atoms with E-state index in [0.717, 1.165) is 4.88 Å². The summed E-state index contributed by atoms with van der Waals surface area (Å²) in [6.45, 7) is -0.513. The highest BCUT2D eigenvalue weighted by Crippen LogP contribution is 2.41. The zero-order chi connectivity index (χ0) is 25.8. The van der Waals surface area contributed by atoms with Crippen LogP contribution in [0.15, 0.2) is 53.0 Å². The fourth-order valence-corrected chi connectivity index (χ4v) is 5.70. The van der Waals surface area contributed by atoms with E-state index in [0.29, 0.717) is 11.1 Å². The Morgan fingerprint density at radius 2 is 1.92 bits per heavy atom. The Hall–Kier alpha value is -3.91. The summed E-state index contributed by atoms with van der Waals surface area (Å²) in [7, 11) is 0. The van der Waals surface area contributed by atoms with Gasteiger partial charge in [-0.25, -0.2) is 9.59 Å². The Labute approximate surface area is 212 Å². The number of carbonyl (C=O) groups is 4. The molecular weight excluding hydrogens is 512 g/mol. The highest BCUT2D eigenvalue weighted by molar-refractivity contribution is 8.00. The maximum absolute atomic E-state index is 13.0. The number of nitrogens with two attached hydrogens (primary N) is 1. The number of β-lactam (4-membered cyclic amide) rings is 1. The van der Waals surface area contributed by atoms with Crippen LogP contribution in [0.2, 0.25) is 0 Å². The van der Waals surface area contributed by atoms with Crippen molar-refractivity contribution in [2.75, 3.05) is 12.4 Å². The molecule has 1 aromatic carbocycles.